The molecule has 1 aliphatic rings. The van der Waals surface area contributed by atoms with E-state index >= 15 is 0 Å². The summed E-state index contributed by atoms with van der Waals surface area (Å²) >= 11 is 0. The third-order valence-electron chi connectivity index (χ3n) is 4.79. The van der Waals surface area contributed by atoms with Gasteiger partial charge in [0.15, 0.2) is 0 Å². The second kappa shape index (κ2) is 6.70. The van der Waals surface area contributed by atoms with Crippen LogP contribution in [-0.2, 0) is 15.9 Å². The van der Waals surface area contributed by atoms with Gasteiger partial charge < -0.3 is 24.2 Å². The van der Waals surface area contributed by atoms with Gasteiger partial charge in [-0.3, -0.25) is 0 Å². The molecule has 0 aliphatic carbocycles. The molecule has 0 saturated carbocycles. The molecule has 0 radical (unpaired) electrons. The lowest BCUT2D eigenvalue weighted by molar-refractivity contribution is -0.390. The van der Waals surface area contributed by atoms with Gasteiger partial charge in [0.1, 0.15) is 12.8 Å². The first-order chi connectivity index (χ1) is 12.2. The molecule has 0 atom stereocenters. The van der Waals surface area contributed by atoms with E-state index in [4.69, 9.17) is 14.0 Å². The lowest BCUT2D eigenvalue weighted by atomic mass is 9.80. The summed E-state index contributed by atoms with van der Waals surface area (Å²) in [7, 11) is -0.660. The molecule has 1 saturated heterocycles. The monoisotopic (exact) mass is 356 g/mol. The Bertz CT molecular complexity index is 794. The Morgan fingerprint density at radius 2 is 1.77 bits per heavy atom. The van der Waals surface area contributed by atoms with Crippen LogP contribution < -0.4 is 10.2 Å². The van der Waals surface area contributed by atoms with Crippen LogP contribution in [0.25, 0.3) is 0 Å². The van der Waals surface area contributed by atoms with E-state index in [2.05, 4.69) is 4.98 Å². The van der Waals surface area contributed by atoms with Crippen LogP contribution in [0.3, 0.4) is 0 Å². The molecule has 0 N–H and O–H groups in total. The summed E-state index contributed by atoms with van der Waals surface area (Å²) in [6, 6.07) is 11.0. The standard InChI is InChI=1S/C18H21BN2O5/c1-17(2)18(3,4)26-19(25-17)14-10-15(16(20-11-14)21(22)23)24-12-13-8-6-5-7-9-13/h5-11H,12H2,1-4H3. The highest BCUT2D eigenvalue weighted by Gasteiger charge is 2.52. The number of aromatic nitrogens is 1. The third kappa shape index (κ3) is 3.56. The highest BCUT2D eigenvalue weighted by molar-refractivity contribution is 6.62. The van der Waals surface area contributed by atoms with Crippen molar-refractivity contribution < 1.29 is 19.0 Å². The van der Waals surface area contributed by atoms with Gasteiger partial charge in [0.2, 0.25) is 5.75 Å². The zero-order chi connectivity index (χ0) is 18.9. The Kier molecular flexibility index (Phi) is 4.73. The van der Waals surface area contributed by atoms with E-state index in [9.17, 15) is 10.1 Å². The summed E-state index contributed by atoms with van der Waals surface area (Å²) < 4.78 is 17.6. The minimum Gasteiger partial charge on any atom is -0.481 e. The van der Waals surface area contributed by atoms with Crippen LogP contribution in [0.4, 0.5) is 5.82 Å². The highest BCUT2D eigenvalue weighted by Crippen LogP contribution is 2.37. The lowest BCUT2D eigenvalue weighted by Crippen LogP contribution is -2.41. The van der Waals surface area contributed by atoms with Crippen LogP contribution in [0.1, 0.15) is 33.3 Å². The molecule has 0 spiro atoms. The number of pyridine rings is 1. The average molecular weight is 356 g/mol. The molecule has 0 bridgehead atoms. The maximum Gasteiger partial charge on any atom is 0.498 e. The molecule has 3 rings (SSSR count). The van der Waals surface area contributed by atoms with Crippen molar-refractivity contribution in [3.8, 4) is 5.75 Å². The largest absolute Gasteiger partial charge is 0.498 e. The lowest BCUT2D eigenvalue weighted by Gasteiger charge is -2.32. The van der Waals surface area contributed by atoms with Crippen LogP contribution in [0.2, 0.25) is 0 Å². The zero-order valence-corrected chi connectivity index (χ0v) is 15.3. The molecule has 1 fully saturated rings. The van der Waals surface area contributed by atoms with Crippen LogP contribution >= 0.6 is 0 Å². The fourth-order valence-electron chi connectivity index (χ4n) is 2.54. The van der Waals surface area contributed by atoms with E-state index < -0.39 is 23.2 Å². The summed E-state index contributed by atoms with van der Waals surface area (Å²) in [4.78, 5) is 14.7. The smallest absolute Gasteiger partial charge is 0.481 e. The summed E-state index contributed by atoms with van der Waals surface area (Å²) in [5.74, 6) is -0.243. The molecule has 2 aromatic rings. The van der Waals surface area contributed by atoms with Gasteiger partial charge in [0, 0.05) is 5.46 Å². The van der Waals surface area contributed by atoms with Crippen molar-refractivity contribution in [1.82, 2.24) is 4.98 Å². The SMILES string of the molecule is CC1(C)OB(c2cnc([N+](=O)[O-])c(OCc3ccccc3)c2)OC1(C)C. The molecule has 1 aliphatic heterocycles. The average Bonchev–Trinajstić information content (AvgIpc) is 2.81. The number of benzene rings is 1. The first-order valence-electron chi connectivity index (χ1n) is 8.36. The number of hydrogen-bond donors (Lipinski definition) is 0. The van der Waals surface area contributed by atoms with Crippen molar-refractivity contribution in [2.75, 3.05) is 0 Å². The Morgan fingerprint density at radius 1 is 1.15 bits per heavy atom. The molecule has 136 valence electrons. The van der Waals surface area contributed by atoms with Crippen LogP contribution in [-0.4, -0.2) is 28.2 Å². The van der Waals surface area contributed by atoms with Crippen LogP contribution in [0.5, 0.6) is 5.75 Å². The van der Waals surface area contributed by atoms with Crippen molar-refractivity contribution in [3.63, 3.8) is 0 Å². The van der Waals surface area contributed by atoms with Gasteiger partial charge in [-0.15, -0.1) is 0 Å². The summed E-state index contributed by atoms with van der Waals surface area (Å²) in [5, 5.41) is 11.3. The van der Waals surface area contributed by atoms with Crippen molar-refractivity contribution in [1.29, 1.82) is 0 Å². The maximum absolute atomic E-state index is 11.3. The number of ether oxygens (including phenoxy) is 1. The normalized spacial score (nSPS) is 17.9. The molecule has 8 heteroatoms. The first-order valence-corrected chi connectivity index (χ1v) is 8.36. The highest BCUT2D eigenvalue weighted by atomic mass is 16.7. The van der Waals surface area contributed by atoms with Crippen LogP contribution in [0.15, 0.2) is 42.6 Å². The number of rotatable bonds is 5. The van der Waals surface area contributed by atoms with E-state index in [-0.39, 0.29) is 18.2 Å². The van der Waals surface area contributed by atoms with E-state index in [1.807, 2.05) is 58.0 Å². The number of nitrogens with zero attached hydrogens (tertiary/aromatic N) is 2. The molecule has 0 unspecified atom stereocenters. The number of nitro groups is 1. The zero-order valence-electron chi connectivity index (χ0n) is 15.3. The predicted octanol–water partition coefficient (Wildman–Crippen LogP) is 2.87. The molecule has 2 heterocycles. The van der Waals surface area contributed by atoms with Crippen molar-refractivity contribution in [2.24, 2.45) is 0 Å². The quantitative estimate of drug-likeness (QED) is 0.465. The summed E-state index contributed by atoms with van der Waals surface area (Å²) in [6.45, 7) is 7.98. The van der Waals surface area contributed by atoms with Gasteiger partial charge >= 0.3 is 12.9 Å². The predicted molar refractivity (Wildman–Crippen MR) is 97.4 cm³/mol. The molecule has 7 nitrogen and oxygen atoms in total. The van der Waals surface area contributed by atoms with Gasteiger partial charge in [-0.2, -0.15) is 0 Å². The van der Waals surface area contributed by atoms with Crippen molar-refractivity contribution in [3.05, 3.63) is 58.3 Å². The van der Waals surface area contributed by atoms with E-state index in [0.29, 0.717) is 5.46 Å². The van der Waals surface area contributed by atoms with Crippen LogP contribution in [0, 0.1) is 10.1 Å². The van der Waals surface area contributed by atoms with Crippen molar-refractivity contribution in [2.45, 2.75) is 45.5 Å². The Morgan fingerprint density at radius 3 is 2.35 bits per heavy atom. The van der Waals surface area contributed by atoms with E-state index in [0.717, 1.165) is 5.56 Å². The first kappa shape index (κ1) is 18.3. The Balaban J connectivity index is 1.86. The number of hydrogen-bond acceptors (Lipinski definition) is 6. The second-order valence-corrected chi connectivity index (χ2v) is 7.21. The molecule has 0 amide bonds. The Labute approximate surface area is 152 Å². The van der Waals surface area contributed by atoms with Gasteiger partial charge in [-0.25, -0.2) is 0 Å². The van der Waals surface area contributed by atoms with Gasteiger partial charge in [0.05, 0.1) is 11.2 Å². The van der Waals surface area contributed by atoms with Crippen molar-refractivity contribution >= 4 is 18.4 Å². The van der Waals surface area contributed by atoms with Gasteiger partial charge in [0.25, 0.3) is 0 Å². The molecule has 26 heavy (non-hydrogen) atoms. The second-order valence-electron chi connectivity index (χ2n) is 7.21. The maximum atomic E-state index is 11.3. The molecular weight excluding hydrogens is 335 g/mol. The summed E-state index contributed by atoms with van der Waals surface area (Å²) in [5.41, 5.74) is 0.467. The molecule has 1 aromatic heterocycles. The van der Waals surface area contributed by atoms with E-state index in [1.165, 1.54) is 6.20 Å². The third-order valence-corrected chi connectivity index (χ3v) is 4.79. The van der Waals surface area contributed by atoms with Gasteiger partial charge in [-0.05, 0) is 49.2 Å². The Hall–Kier alpha value is -2.45. The fraction of sp³-hybridized carbons (Fsp3) is 0.389. The summed E-state index contributed by atoms with van der Waals surface area (Å²) in [6.07, 6.45) is 1.40. The molecule has 1 aromatic carbocycles. The van der Waals surface area contributed by atoms with E-state index in [1.54, 1.807) is 6.07 Å². The van der Waals surface area contributed by atoms with Gasteiger partial charge in [-0.1, -0.05) is 30.3 Å². The fourth-order valence-corrected chi connectivity index (χ4v) is 2.54. The molecular formula is C18H21BN2O5. The topological polar surface area (TPSA) is 83.7 Å². The minimum atomic E-state index is -0.660. The minimum absolute atomic E-state index is 0.0889.